The minimum Gasteiger partial charge on any atom is -0.451 e. The molecular formula is C22H22N2O4. The van der Waals surface area contributed by atoms with E-state index < -0.39 is 5.91 Å². The molecule has 2 amide bonds. The molecule has 0 aliphatic carbocycles. The van der Waals surface area contributed by atoms with Crippen molar-refractivity contribution in [1.29, 1.82) is 0 Å². The molecule has 6 nitrogen and oxygen atoms in total. The molecule has 0 aliphatic heterocycles. The van der Waals surface area contributed by atoms with Crippen molar-refractivity contribution in [1.82, 2.24) is 4.90 Å². The molecule has 0 aliphatic rings. The molecule has 0 fully saturated rings. The molecule has 1 N–H and O–H groups in total. The van der Waals surface area contributed by atoms with Crippen LogP contribution < -0.4 is 10.7 Å². The molecule has 2 aromatic carbocycles. The summed E-state index contributed by atoms with van der Waals surface area (Å²) in [6.45, 7) is 3.72. The maximum atomic E-state index is 12.6. The third-order valence-electron chi connectivity index (χ3n) is 4.49. The quantitative estimate of drug-likeness (QED) is 0.738. The molecule has 3 rings (SSSR count). The summed E-state index contributed by atoms with van der Waals surface area (Å²) in [5, 5.41) is 3.24. The average molecular weight is 378 g/mol. The Morgan fingerprint density at radius 1 is 1.11 bits per heavy atom. The number of benzene rings is 2. The van der Waals surface area contributed by atoms with Crippen LogP contribution in [-0.2, 0) is 11.2 Å². The van der Waals surface area contributed by atoms with E-state index in [-0.39, 0.29) is 23.6 Å². The van der Waals surface area contributed by atoms with Crippen molar-refractivity contribution in [3.63, 3.8) is 0 Å². The van der Waals surface area contributed by atoms with Crippen LogP contribution in [0.1, 0.15) is 28.6 Å². The summed E-state index contributed by atoms with van der Waals surface area (Å²) in [5.41, 5.74) is 2.73. The zero-order chi connectivity index (χ0) is 20.3. The molecule has 1 heterocycles. The first-order valence-corrected chi connectivity index (χ1v) is 9.06. The van der Waals surface area contributed by atoms with E-state index >= 15 is 0 Å². The number of hydrogen-bond donors (Lipinski definition) is 1. The third kappa shape index (κ3) is 4.11. The lowest BCUT2D eigenvalue weighted by atomic mass is 10.1. The smallest absolute Gasteiger partial charge is 0.289 e. The van der Waals surface area contributed by atoms with Gasteiger partial charge in [-0.2, -0.15) is 0 Å². The van der Waals surface area contributed by atoms with Crippen LogP contribution in [0.4, 0.5) is 5.69 Å². The Morgan fingerprint density at radius 3 is 2.61 bits per heavy atom. The van der Waals surface area contributed by atoms with Gasteiger partial charge in [0.1, 0.15) is 5.58 Å². The summed E-state index contributed by atoms with van der Waals surface area (Å²) < 4.78 is 5.59. The molecule has 0 unspecified atom stereocenters. The van der Waals surface area contributed by atoms with E-state index in [0.717, 1.165) is 23.2 Å². The van der Waals surface area contributed by atoms with Gasteiger partial charge in [0.05, 0.1) is 11.9 Å². The first-order chi connectivity index (χ1) is 13.4. The second-order valence-electron chi connectivity index (χ2n) is 6.69. The minimum absolute atomic E-state index is 0.0920. The Labute approximate surface area is 162 Å². The fourth-order valence-corrected chi connectivity index (χ4v) is 2.99. The molecule has 0 saturated carbocycles. The standard InChI is InChI=1S/C22H22N2O4/c1-4-15-7-5-6-8-17(15)23-21(26)13-24(3)22(27)20-12-18(25)16-11-14(2)9-10-19(16)28-20/h5-12H,4,13H2,1-3H3,(H,23,26). The number of anilines is 1. The van der Waals surface area contributed by atoms with E-state index in [1.807, 2.05) is 44.2 Å². The van der Waals surface area contributed by atoms with Gasteiger partial charge in [-0.15, -0.1) is 0 Å². The number of hydrogen-bond acceptors (Lipinski definition) is 4. The molecule has 0 bridgehead atoms. The van der Waals surface area contributed by atoms with Crippen LogP contribution in [0.5, 0.6) is 0 Å². The van der Waals surface area contributed by atoms with Crippen molar-refractivity contribution >= 4 is 28.5 Å². The summed E-state index contributed by atoms with van der Waals surface area (Å²) >= 11 is 0. The van der Waals surface area contributed by atoms with Gasteiger partial charge >= 0.3 is 0 Å². The zero-order valence-corrected chi connectivity index (χ0v) is 16.1. The van der Waals surface area contributed by atoms with E-state index in [9.17, 15) is 14.4 Å². The number of amides is 2. The summed E-state index contributed by atoms with van der Waals surface area (Å²) in [4.78, 5) is 38.5. The van der Waals surface area contributed by atoms with E-state index in [1.165, 1.54) is 18.0 Å². The van der Waals surface area contributed by atoms with Crippen LogP contribution in [0.2, 0.25) is 0 Å². The molecule has 0 radical (unpaired) electrons. The van der Waals surface area contributed by atoms with Crippen molar-refractivity contribution in [3.8, 4) is 0 Å². The second-order valence-corrected chi connectivity index (χ2v) is 6.69. The number of carbonyl (C=O) groups excluding carboxylic acids is 2. The molecule has 28 heavy (non-hydrogen) atoms. The Morgan fingerprint density at radius 2 is 1.86 bits per heavy atom. The first kappa shape index (κ1) is 19.4. The van der Waals surface area contributed by atoms with Crippen molar-refractivity contribution in [3.05, 3.63) is 75.6 Å². The SMILES string of the molecule is CCc1ccccc1NC(=O)CN(C)C(=O)c1cc(=O)c2cc(C)ccc2o1. The van der Waals surface area contributed by atoms with Gasteiger partial charge in [0.25, 0.3) is 5.91 Å². The maximum absolute atomic E-state index is 12.6. The second kappa shape index (κ2) is 8.08. The lowest BCUT2D eigenvalue weighted by Crippen LogP contribution is -2.35. The summed E-state index contributed by atoms with van der Waals surface area (Å²) in [7, 11) is 1.49. The highest BCUT2D eigenvalue weighted by Gasteiger charge is 2.19. The number of nitrogens with zero attached hydrogens (tertiary/aromatic N) is 1. The van der Waals surface area contributed by atoms with Gasteiger partial charge in [-0.05, 0) is 37.1 Å². The van der Waals surface area contributed by atoms with Crippen LogP contribution in [-0.4, -0.2) is 30.3 Å². The molecule has 1 aromatic heterocycles. The largest absolute Gasteiger partial charge is 0.451 e. The van der Waals surface area contributed by atoms with Gasteiger partial charge in [0, 0.05) is 18.8 Å². The topological polar surface area (TPSA) is 79.6 Å². The fraction of sp³-hybridized carbons (Fsp3) is 0.227. The van der Waals surface area contributed by atoms with Crippen molar-refractivity contribution in [2.75, 3.05) is 18.9 Å². The molecule has 0 spiro atoms. The Balaban J connectivity index is 1.75. The minimum atomic E-state index is -0.529. The number of rotatable bonds is 5. The summed E-state index contributed by atoms with van der Waals surface area (Å²) in [6, 6.07) is 13.9. The molecule has 0 atom stereocenters. The highest BCUT2D eigenvalue weighted by Crippen LogP contribution is 2.17. The molecule has 6 heteroatoms. The highest BCUT2D eigenvalue weighted by molar-refractivity contribution is 5.98. The predicted molar refractivity (Wildman–Crippen MR) is 109 cm³/mol. The van der Waals surface area contributed by atoms with E-state index in [4.69, 9.17) is 4.42 Å². The summed E-state index contributed by atoms with van der Waals surface area (Å²) in [5.74, 6) is -0.945. The number of fused-ring (bicyclic) bond motifs is 1. The van der Waals surface area contributed by atoms with Gasteiger partial charge < -0.3 is 14.6 Å². The lowest BCUT2D eigenvalue weighted by Gasteiger charge is -2.17. The van der Waals surface area contributed by atoms with Crippen LogP contribution in [0, 0.1) is 6.92 Å². The number of carbonyl (C=O) groups is 2. The lowest BCUT2D eigenvalue weighted by molar-refractivity contribution is -0.116. The van der Waals surface area contributed by atoms with Crippen LogP contribution in [0.25, 0.3) is 11.0 Å². The number of para-hydroxylation sites is 1. The highest BCUT2D eigenvalue weighted by atomic mass is 16.3. The number of likely N-dealkylation sites (N-methyl/N-ethyl adjacent to an activating group) is 1. The number of nitrogens with one attached hydrogen (secondary N) is 1. The normalized spacial score (nSPS) is 10.7. The Bertz CT molecular complexity index is 1100. The fourth-order valence-electron chi connectivity index (χ4n) is 2.99. The number of aryl methyl sites for hydroxylation is 2. The van der Waals surface area contributed by atoms with Gasteiger partial charge in [-0.25, -0.2) is 0 Å². The van der Waals surface area contributed by atoms with Gasteiger partial charge in [-0.3, -0.25) is 14.4 Å². The Kier molecular flexibility index (Phi) is 5.59. The van der Waals surface area contributed by atoms with Crippen molar-refractivity contribution in [2.24, 2.45) is 0 Å². The van der Waals surface area contributed by atoms with Gasteiger partial charge in [0.15, 0.2) is 11.2 Å². The van der Waals surface area contributed by atoms with E-state index in [1.54, 1.807) is 12.1 Å². The van der Waals surface area contributed by atoms with Gasteiger partial charge in [0.2, 0.25) is 5.91 Å². The molecular weight excluding hydrogens is 356 g/mol. The van der Waals surface area contributed by atoms with Crippen LogP contribution in [0.15, 0.2) is 57.7 Å². The Hall–Kier alpha value is -3.41. The predicted octanol–water partition coefficient (Wildman–Crippen LogP) is 3.37. The van der Waals surface area contributed by atoms with E-state index in [2.05, 4.69) is 5.32 Å². The third-order valence-corrected chi connectivity index (χ3v) is 4.49. The average Bonchev–Trinajstić information content (AvgIpc) is 2.68. The van der Waals surface area contributed by atoms with Crippen molar-refractivity contribution < 1.29 is 14.0 Å². The maximum Gasteiger partial charge on any atom is 0.289 e. The molecule has 144 valence electrons. The monoisotopic (exact) mass is 378 g/mol. The van der Waals surface area contributed by atoms with Gasteiger partial charge in [-0.1, -0.05) is 36.8 Å². The summed E-state index contributed by atoms with van der Waals surface area (Å²) in [6.07, 6.45) is 0.785. The van der Waals surface area contributed by atoms with Crippen LogP contribution in [0.3, 0.4) is 0 Å². The van der Waals surface area contributed by atoms with E-state index in [0.29, 0.717) is 11.0 Å². The molecule has 0 saturated heterocycles. The first-order valence-electron chi connectivity index (χ1n) is 9.06. The molecule has 3 aromatic rings. The van der Waals surface area contributed by atoms with Crippen molar-refractivity contribution in [2.45, 2.75) is 20.3 Å². The zero-order valence-electron chi connectivity index (χ0n) is 16.1. The van der Waals surface area contributed by atoms with Crippen LogP contribution >= 0.6 is 0 Å².